The Morgan fingerprint density at radius 1 is 1.14 bits per heavy atom. The number of anilines is 1. The summed E-state index contributed by atoms with van der Waals surface area (Å²) in [4.78, 5) is 39.5. The third-order valence-electron chi connectivity index (χ3n) is 5.67. The number of amides is 4. The molecule has 2 fully saturated rings. The van der Waals surface area contributed by atoms with Crippen molar-refractivity contribution in [1.29, 1.82) is 0 Å². The number of aryl methyl sites for hydroxylation is 2. The topological polar surface area (TPSA) is 81.8 Å². The fourth-order valence-corrected chi connectivity index (χ4v) is 4.24. The lowest BCUT2D eigenvalue weighted by Gasteiger charge is -2.30. The third kappa shape index (κ3) is 4.13. The van der Waals surface area contributed by atoms with Crippen LogP contribution in [0.5, 0.6) is 0 Å². The maximum absolute atomic E-state index is 12.7. The molecular formula is C21H30N4O3. The Morgan fingerprint density at radius 2 is 1.79 bits per heavy atom. The molecule has 1 saturated heterocycles. The number of nitrogens with zero attached hydrogens (tertiary/aromatic N) is 2. The van der Waals surface area contributed by atoms with Crippen molar-refractivity contribution in [3.63, 3.8) is 0 Å². The minimum Gasteiger partial charge on any atom is -0.371 e. The highest BCUT2D eigenvalue weighted by Crippen LogP contribution is 2.33. The van der Waals surface area contributed by atoms with Gasteiger partial charge in [-0.25, -0.2) is 4.79 Å². The predicted molar refractivity (Wildman–Crippen MR) is 108 cm³/mol. The highest BCUT2D eigenvalue weighted by Gasteiger charge is 2.52. The van der Waals surface area contributed by atoms with Crippen molar-refractivity contribution in [3.05, 3.63) is 29.3 Å². The molecule has 3 rings (SSSR count). The van der Waals surface area contributed by atoms with Gasteiger partial charge in [0.1, 0.15) is 5.54 Å². The van der Waals surface area contributed by atoms with Crippen LogP contribution in [0.2, 0.25) is 0 Å². The molecule has 1 saturated carbocycles. The van der Waals surface area contributed by atoms with E-state index in [2.05, 4.69) is 47.7 Å². The van der Waals surface area contributed by atoms with Gasteiger partial charge in [0.2, 0.25) is 5.91 Å². The summed E-state index contributed by atoms with van der Waals surface area (Å²) in [5.74, 6) is -0.661. The van der Waals surface area contributed by atoms with E-state index in [1.165, 1.54) is 11.1 Å². The van der Waals surface area contributed by atoms with E-state index in [1.54, 1.807) is 0 Å². The van der Waals surface area contributed by atoms with E-state index in [0.717, 1.165) is 36.5 Å². The molecule has 0 unspecified atom stereocenters. The van der Waals surface area contributed by atoms with Crippen LogP contribution in [0, 0.1) is 13.8 Å². The van der Waals surface area contributed by atoms with E-state index in [4.69, 9.17) is 0 Å². The lowest BCUT2D eigenvalue weighted by Crippen LogP contribution is -2.51. The second kappa shape index (κ2) is 8.20. The summed E-state index contributed by atoms with van der Waals surface area (Å²) in [5, 5.41) is 3.68. The standard InChI is InChI=1S/C21H30N4O3/c1-4-24(17-13-15(2)12-16(3)14-17)11-8-18(26)23-25-19(27)21(22-20(25)28)9-6-5-7-10-21/h12-14H,4-11H2,1-3H3,(H,22,28)(H,23,26). The summed E-state index contributed by atoms with van der Waals surface area (Å²) in [6.07, 6.45) is 4.37. The summed E-state index contributed by atoms with van der Waals surface area (Å²) >= 11 is 0. The number of carbonyl (C=O) groups excluding carboxylic acids is 3. The molecule has 7 nitrogen and oxygen atoms in total. The first-order valence-electron chi connectivity index (χ1n) is 10.1. The molecule has 2 aliphatic rings. The number of imide groups is 1. The quantitative estimate of drug-likeness (QED) is 0.737. The molecule has 1 aromatic carbocycles. The molecular weight excluding hydrogens is 356 g/mol. The smallest absolute Gasteiger partial charge is 0.344 e. The summed E-state index contributed by atoms with van der Waals surface area (Å²) < 4.78 is 0. The van der Waals surface area contributed by atoms with Crippen molar-refractivity contribution in [3.8, 4) is 0 Å². The summed E-state index contributed by atoms with van der Waals surface area (Å²) in [5.41, 5.74) is 5.11. The zero-order valence-electron chi connectivity index (χ0n) is 17.0. The molecule has 152 valence electrons. The summed E-state index contributed by atoms with van der Waals surface area (Å²) in [6.45, 7) is 7.42. The van der Waals surface area contributed by atoms with Gasteiger partial charge in [-0.05, 0) is 56.9 Å². The molecule has 1 aromatic rings. The average molecular weight is 386 g/mol. The van der Waals surface area contributed by atoms with E-state index in [1.807, 2.05) is 6.92 Å². The largest absolute Gasteiger partial charge is 0.371 e. The van der Waals surface area contributed by atoms with Crippen molar-refractivity contribution in [2.45, 2.75) is 64.8 Å². The van der Waals surface area contributed by atoms with Gasteiger partial charge in [0.05, 0.1) is 0 Å². The van der Waals surface area contributed by atoms with Crippen LogP contribution in [0.15, 0.2) is 18.2 Å². The number of hydrogen-bond donors (Lipinski definition) is 2. The Morgan fingerprint density at radius 3 is 2.39 bits per heavy atom. The van der Waals surface area contributed by atoms with Crippen LogP contribution in [0.25, 0.3) is 0 Å². The Kier molecular flexibility index (Phi) is 5.91. The van der Waals surface area contributed by atoms with Crippen LogP contribution < -0.4 is 15.6 Å². The van der Waals surface area contributed by atoms with Gasteiger partial charge in [-0.1, -0.05) is 25.3 Å². The van der Waals surface area contributed by atoms with E-state index in [-0.39, 0.29) is 18.2 Å². The first-order chi connectivity index (χ1) is 13.3. The predicted octanol–water partition coefficient (Wildman–Crippen LogP) is 2.81. The molecule has 1 aliphatic carbocycles. The highest BCUT2D eigenvalue weighted by molar-refractivity contribution is 6.08. The van der Waals surface area contributed by atoms with Gasteiger partial charge >= 0.3 is 6.03 Å². The van der Waals surface area contributed by atoms with Gasteiger partial charge in [0.15, 0.2) is 0 Å². The lowest BCUT2D eigenvalue weighted by atomic mass is 9.82. The van der Waals surface area contributed by atoms with Crippen LogP contribution in [0.4, 0.5) is 10.5 Å². The number of carbonyl (C=O) groups is 3. The monoisotopic (exact) mass is 386 g/mol. The molecule has 0 bridgehead atoms. The number of benzene rings is 1. The van der Waals surface area contributed by atoms with Gasteiger partial charge in [-0.3, -0.25) is 15.0 Å². The Labute approximate surface area is 166 Å². The number of urea groups is 1. The minimum absolute atomic E-state index is 0.199. The van der Waals surface area contributed by atoms with Gasteiger partial charge in [0.25, 0.3) is 5.91 Å². The normalized spacial score (nSPS) is 18.3. The number of rotatable bonds is 6. The molecule has 0 aromatic heterocycles. The molecule has 1 heterocycles. The Hall–Kier alpha value is -2.57. The second-order valence-electron chi connectivity index (χ2n) is 7.92. The fourth-order valence-electron chi connectivity index (χ4n) is 4.24. The van der Waals surface area contributed by atoms with Crippen molar-refractivity contribution >= 4 is 23.5 Å². The maximum Gasteiger partial charge on any atom is 0.344 e. The second-order valence-corrected chi connectivity index (χ2v) is 7.92. The highest BCUT2D eigenvalue weighted by atomic mass is 16.2. The van der Waals surface area contributed by atoms with Crippen molar-refractivity contribution in [2.75, 3.05) is 18.0 Å². The van der Waals surface area contributed by atoms with Gasteiger partial charge in [-0.15, -0.1) is 0 Å². The van der Waals surface area contributed by atoms with Crippen molar-refractivity contribution in [1.82, 2.24) is 15.8 Å². The summed E-state index contributed by atoms with van der Waals surface area (Å²) in [7, 11) is 0. The van der Waals surface area contributed by atoms with Crippen LogP contribution in [0.3, 0.4) is 0 Å². The molecule has 7 heteroatoms. The molecule has 1 aliphatic heterocycles. The molecule has 0 radical (unpaired) electrons. The van der Waals surface area contributed by atoms with Crippen LogP contribution in [-0.2, 0) is 9.59 Å². The van der Waals surface area contributed by atoms with Gasteiger partial charge in [-0.2, -0.15) is 5.01 Å². The first-order valence-corrected chi connectivity index (χ1v) is 10.1. The van der Waals surface area contributed by atoms with Gasteiger partial charge < -0.3 is 10.2 Å². The van der Waals surface area contributed by atoms with Gasteiger partial charge in [0, 0.05) is 25.2 Å². The average Bonchev–Trinajstić information content (AvgIpc) is 2.86. The fraction of sp³-hybridized carbons (Fsp3) is 0.571. The molecule has 4 amide bonds. The number of hydrazine groups is 1. The molecule has 2 N–H and O–H groups in total. The zero-order chi connectivity index (χ0) is 20.3. The van der Waals surface area contributed by atoms with E-state index >= 15 is 0 Å². The molecule has 0 atom stereocenters. The first kappa shape index (κ1) is 20.2. The van der Waals surface area contributed by atoms with Crippen molar-refractivity contribution in [2.24, 2.45) is 0 Å². The Balaban J connectivity index is 1.59. The molecule has 1 spiro atoms. The van der Waals surface area contributed by atoms with E-state index < -0.39 is 11.6 Å². The van der Waals surface area contributed by atoms with E-state index in [9.17, 15) is 14.4 Å². The zero-order valence-corrected chi connectivity index (χ0v) is 17.0. The minimum atomic E-state index is -0.822. The molecule has 28 heavy (non-hydrogen) atoms. The van der Waals surface area contributed by atoms with Crippen LogP contribution >= 0.6 is 0 Å². The van der Waals surface area contributed by atoms with Crippen molar-refractivity contribution < 1.29 is 14.4 Å². The number of nitrogens with one attached hydrogen (secondary N) is 2. The lowest BCUT2D eigenvalue weighted by molar-refractivity contribution is -0.139. The third-order valence-corrected chi connectivity index (χ3v) is 5.67. The van der Waals surface area contributed by atoms with Crippen LogP contribution in [-0.4, -0.2) is 41.5 Å². The Bertz CT molecular complexity index is 751. The van der Waals surface area contributed by atoms with Crippen LogP contribution in [0.1, 0.15) is 56.6 Å². The maximum atomic E-state index is 12.7. The van der Waals surface area contributed by atoms with E-state index in [0.29, 0.717) is 19.4 Å². The summed E-state index contributed by atoms with van der Waals surface area (Å²) in [6, 6.07) is 5.78. The number of hydrogen-bond acceptors (Lipinski definition) is 4. The SMILES string of the molecule is CCN(CCC(=O)NN1C(=O)NC2(CCCCC2)C1=O)c1cc(C)cc(C)c1.